The molecule has 0 aromatic heterocycles. The van der Waals surface area contributed by atoms with Crippen molar-refractivity contribution < 1.29 is 4.74 Å². The summed E-state index contributed by atoms with van der Waals surface area (Å²) in [5.74, 6) is 0.755. The molecule has 1 aliphatic rings. The molecule has 4 heteroatoms. The molecule has 0 saturated heterocycles. The fraction of sp³-hybridized carbons (Fsp3) is 0.562. The molecule has 3 nitrogen and oxygen atoms in total. The van der Waals surface area contributed by atoms with Gasteiger partial charge in [-0.3, -0.25) is 4.90 Å². The summed E-state index contributed by atoms with van der Waals surface area (Å²) in [6, 6.07) is 6.87. The molecule has 0 amide bonds. The highest BCUT2D eigenvalue weighted by atomic mass is 32.1. The number of methoxy groups -OCH3 is 1. The van der Waals surface area contributed by atoms with E-state index in [1.807, 2.05) is 6.07 Å². The van der Waals surface area contributed by atoms with Crippen LogP contribution in [-0.2, 0) is 6.54 Å². The van der Waals surface area contributed by atoms with Gasteiger partial charge in [0.1, 0.15) is 10.7 Å². The molecule has 0 heterocycles. The number of hydrogen-bond donors (Lipinski definition) is 1. The molecule has 0 atom stereocenters. The van der Waals surface area contributed by atoms with Crippen LogP contribution in [0.2, 0.25) is 0 Å². The first-order valence-electron chi connectivity index (χ1n) is 7.36. The Morgan fingerprint density at radius 2 is 2.10 bits per heavy atom. The number of benzene rings is 1. The van der Waals surface area contributed by atoms with Gasteiger partial charge in [-0.15, -0.1) is 0 Å². The van der Waals surface area contributed by atoms with E-state index in [0.717, 1.165) is 30.4 Å². The second kappa shape index (κ2) is 7.04. The average Bonchev–Trinajstić information content (AvgIpc) is 2.98. The second-order valence-electron chi connectivity index (χ2n) is 5.40. The zero-order valence-corrected chi connectivity index (χ0v) is 13.2. The molecule has 1 aromatic rings. The van der Waals surface area contributed by atoms with Gasteiger partial charge in [0.05, 0.1) is 12.7 Å². The van der Waals surface area contributed by atoms with Gasteiger partial charge in [-0.05, 0) is 37.1 Å². The molecule has 0 aliphatic heterocycles. The lowest BCUT2D eigenvalue weighted by Crippen LogP contribution is -2.32. The van der Waals surface area contributed by atoms with Crippen molar-refractivity contribution in [2.75, 3.05) is 13.7 Å². The fourth-order valence-electron chi connectivity index (χ4n) is 3.05. The molecule has 0 radical (unpaired) electrons. The maximum atomic E-state index is 5.78. The summed E-state index contributed by atoms with van der Waals surface area (Å²) in [6.45, 7) is 4.27. The monoisotopic (exact) mass is 292 g/mol. The van der Waals surface area contributed by atoms with Crippen molar-refractivity contribution in [3.63, 3.8) is 0 Å². The van der Waals surface area contributed by atoms with Crippen LogP contribution in [0.5, 0.6) is 5.75 Å². The van der Waals surface area contributed by atoms with Gasteiger partial charge in [-0.1, -0.05) is 38.0 Å². The summed E-state index contributed by atoms with van der Waals surface area (Å²) in [7, 11) is 1.65. The van der Waals surface area contributed by atoms with Crippen LogP contribution in [0.4, 0.5) is 0 Å². The lowest BCUT2D eigenvalue weighted by atomic mass is 10.1. The molecule has 0 spiro atoms. The van der Waals surface area contributed by atoms with Crippen LogP contribution in [0.15, 0.2) is 18.2 Å². The van der Waals surface area contributed by atoms with E-state index >= 15 is 0 Å². The number of hydrogen-bond acceptors (Lipinski definition) is 3. The molecule has 110 valence electrons. The number of rotatable bonds is 6. The number of thiocarbonyl (C=S) groups is 1. The Hall–Kier alpha value is -1.13. The van der Waals surface area contributed by atoms with E-state index in [2.05, 4.69) is 24.0 Å². The van der Waals surface area contributed by atoms with Crippen molar-refractivity contribution in [3.05, 3.63) is 29.3 Å². The van der Waals surface area contributed by atoms with Crippen molar-refractivity contribution in [1.29, 1.82) is 0 Å². The van der Waals surface area contributed by atoms with Crippen LogP contribution in [0.1, 0.15) is 43.7 Å². The second-order valence-corrected chi connectivity index (χ2v) is 5.84. The molecule has 2 rings (SSSR count). The quantitative estimate of drug-likeness (QED) is 0.818. The molecule has 1 fully saturated rings. The first kappa shape index (κ1) is 15.3. The van der Waals surface area contributed by atoms with Crippen molar-refractivity contribution in [1.82, 2.24) is 4.90 Å². The molecule has 20 heavy (non-hydrogen) atoms. The molecule has 1 aromatic carbocycles. The Kier molecular flexibility index (Phi) is 5.38. The summed E-state index contributed by atoms with van der Waals surface area (Å²) in [4.78, 5) is 2.95. The van der Waals surface area contributed by atoms with Gasteiger partial charge >= 0.3 is 0 Å². The first-order valence-corrected chi connectivity index (χ1v) is 7.77. The van der Waals surface area contributed by atoms with Crippen LogP contribution >= 0.6 is 12.2 Å². The summed E-state index contributed by atoms with van der Waals surface area (Å²) >= 11 is 5.11. The normalized spacial score (nSPS) is 15.8. The highest BCUT2D eigenvalue weighted by Gasteiger charge is 2.21. The van der Waals surface area contributed by atoms with Crippen LogP contribution in [0.25, 0.3) is 0 Å². The lowest BCUT2D eigenvalue weighted by Gasteiger charge is -2.27. The standard InChI is InChI=1S/C16H24N2OS/c1-3-18(13-6-4-5-7-13)11-12-8-9-15(19-2)14(10-12)16(17)20/h8-10,13H,3-7,11H2,1-2H3,(H2,17,20). The molecule has 0 bridgehead atoms. The van der Waals surface area contributed by atoms with E-state index in [-0.39, 0.29) is 0 Å². The van der Waals surface area contributed by atoms with Crippen LogP contribution in [-0.4, -0.2) is 29.6 Å². The van der Waals surface area contributed by atoms with E-state index in [4.69, 9.17) is 22.7 Å². The first-order chi connectivity index (χ1) is 9.65. The third-order valence-electron chi connectivity index (χ3n) is 4.16. The maximum absolute atomic E-state index is 5.78. The third-order valence-corrected chi connectivity index (χ3v) is 4.38. The van der Waals surface area contributed by atoms with Gasteiger partial charge < -0.3 is 10.5 Å². The summed E-state index contributed by atoms with van der Waals surface area (Å²) < 4.78 is 5.31. The summed E-state index contributed by atoms with van der Waals surface area (Å²) in [6.07, 6.45) is 5.38. The van der Waals surface area contributed by atoms with Crippen molar-refractivity contribution >= 4 is 17.2 Å². The van der Waals surface area contributed by atoms with Crippen LogP contribution in [0, 0.1) is 0 Å². The minimum Gasteiger partial charge on any atom is -0.496 e. The third kappa shape index (κ3) is 3.49. The van der Waals surface area contributed by atoms with E-state index in [1.54, 1.807) is 7.11 Å². The molecular formula is C16H24N2OS. The molecule has 0 unspecified atom stereocenters. The van der Waals surface area contributed by atoms with Crippen molar-refractivity contribution in [3.8, 4) is 5.75 Å². The largest absolute Gasteiger partial charge is 0.496 e. The van der Waals surface area contributed by atoms with Gasteiger partial charge in [0.2, 0.25) is 0 Å². The average molecular weight is 292 g/mol. The van der Waals surface area contributed by atoms with E-state index < -0.39 is 0 Å². The molecule has 1 aliphatic carbocycles. The SMILES string of the molecule is CCN(Cc1ccc(OC)c(C(N)=S)c1)C1CCCC1. The fourth-order valence-corrected chi connectivity index (χ4v) is 3.21. The number of nitrogens with zero attached hydrogens (tertiary/aromatic N) is 1. The van der Waals surface area contributed by atoms with Gasteiger partial charge in [-0.2, -0.15) is 0 Å². The zero-order chi connectivity index (χ0) is 14.5. The molecule has 1 saturated carbocycles. The Balaban J connectivity index is 2.15. The minimum absolute atomic E-state index is 0.396. The Morgan fingerprint density at radius 3 is 2.65 bits per heavy atom. The zero-order valence-electron chi connectivity index (χ0n) is 12.4. The van der Waals surface area contributed by atoms with Gasteiger partial charge in [-0.25, -0.2) is 0 Å². The van der Waals surface area contributed by atoms with Crippen molar-refractivity contribution in [2.24, 2.45) is 5.73 Å². The number of ether oxygens (including phenoxy) is 1. The smallest absolute Gasteiger partial charge is 0.129 e. The maximum Gasteiger partial charge on any atom is 0.129 e. The lowest BCUT2D eigenvalue weighted by molar-refractivity contribution is 0.200. The number of nitrogens with two attached hydrogens (primary N) is 1. The summed E-state index contributed by atoms with van der Waals surface area (Å²) in [5.41, 5.74) is 7.87. The summed E-state index contributed by atoms with van der Waals surface area (Å²) in [5, 5.41) is 0. The predicted octanol–water partition coefficient (Wildman–Crippen LogP) is 3.09. The van der Waals surface area contributed by atoms with Crippen LogP contribution in [0.3, 0.4) is 0 Å². The van der Waals surface area contributed by atoms with E-state index in [0.29, 0.717) is 4.99 Å². The Morgan fingerprint density at radius 1 is 1.40 bits per heavy atom. The predicted molar refractivity (Wildman–Crippen MR) is 87.2 cm³/mol. The van der Waals surface area contributed by atoms with E-state index in [9.17, 15) is 0 Å². The highest BCUT2D eigenvalue weighted by Crippen LogP contribution is 2.26. The molecule has 2 N–H and O–H groups in total. The van der Waals surface area contributed by atoms with Crippen molar-refractivity contribution in [2.45, 2.75) is 45.2 Å². The van der Waals surface area contributed by atoms with E-state index in [1.165, 1.54) is 31.2 Å². The highest BCUT2D eigenvalue weighted by molar-refractivity contribution is 7.80. The topological polar surface area (TPSA) is 38.5 Å². The Bertz CT molecular complexity index is 470. The minimum atomic E-state index is 0.396. The Labute approximate surface area is 127 Å². The van der Waals surface area contributed by atoms with Gasteiger partial charge in [0.15, 0.2) is 0 Å². The molecular weight excluding hydrogens is 268 g/mol. The van der Waals surface area contributed by atoms with Gasteiger partial charge in [0.25, 0.3) is 0 Å². The van der Waals surface area contributed by atoms with Crippen LogP contribution < -0.4 is 10.5 Å². The van der Waals surface area contributed by atoms with Gasteiger partial charge in [0, 0.05) is 12.6 Å².